The fourth-order valence-corrected chi connectivity index (χ4v) is 1.48. The minimum absolute atomic E-state index is 0.000512. The van der Waals surface area contributed by atoms with Gasteiger partial charge in [0.2, 0.25) is 5.91 Å². The van der Waals surface area contributed by atoms with Crippen LogP contribution in [0.25, 0.3) is 6.08 Å². The number of carbonyl (C=O) groups excluding carboxylic acids is 2. The number of carbonyl (C=O) groups is 3. The zero-order valence-electron chi connectivity index (χ0n) is 11.8. The first-order valence-corrected chi connectivity index (χ1v) is 6.32. The molecule has 1 rings (SSSR count). The Bertz CT molecular complexity index is 567. The Kier molecular flexibility index (Phi) is 6.06. The van der Waals surface area contributed by atoms with Crippen LogP contribution in [0.2, 0.25) is 0 Å². The summed E-state index contributed by atoms with van der Waals surface area (Å²) in [5.74, 6) is -1.82. The summed E-state index contributed by atoms with van der Waals surface area (Å²) >= 11 is 0. The summed E-state index contributed by atoms with van der Waals surface area (Å²) in [5.41, 5.74) is 0.733. The molecule has 0 aliphatic heterocycles. The lowest BCUT2D eigenvalue weighted by Gasteiger charge is -2.09. The monoisotopic (exact) mass is 291 g/mol. The normalized spacial score (nSPS) is 10.6. The molecule has 0 bridgehead atoms. The van der Waals surface area contributed by atoms with E-state index in [1.165, 1.54) is 24.5 Å². The van der Waals surface area contributed by atoms with Crippen LogP contribution in [0.3, 0.4) is 0 Å². The van der Waals surface area contributed by atoms with Crippen molar-refractivity contribution in [1.82, 2.24) is 15.6 Å². The van der Waals surface area contributed by atoms with Crippen LogP contribution >= 0.6 is 0 Å². The zero-order chi connectivity index (χ0) is 15.8. The van der Waals surface area contributed by atoms with Gasteiger partial charge in [-0.2, -0.15) is 0 Å². The summed E-state index contributed by atoms with van der Waals surface area (Å²) in [7, 11) is 0. The second kappa shape index (κ2) is 7.78. The first-order valence-electron chi connectivity index (χ1n) is 6.32. The van der Waals surface area contributed by atoms with Gasteiger partial charge in [-0.05, 0) is 31.6 Å². The Morgan fingerprint density at radius 3 is 2.67 bits per heavy atom. The quantitative estimate of drug-likeness (QED) is 0.659. The Morgan fingerprint density at radius 2 is 2.05 bits per heavy atom. The predicted molar refractivity (Wildman–Crippen MR) is 76.5 cm³/mol. The molecule has 2 amide bonds. The number of nitrogens with zero attached hydrogens (tertiary/aromatic N) is 1. The first-order chi connectivity index (χ1) is 9.88. The predicted octanol–water partition coefficient (Wildman–Crippen LogP) is 0.434. The lowest BCUT2D eigenvalue weighted by Crippen LogP contribution is -2.39. The lowest BCUT2D eigenvalue weighted by atomic mass is 10.2. The molecule has 3 N–H and O–H groups in total. The van der Waals surface area contributed by atoms with Crippen molar-refractivity contribution in [2.24, 2.45) is 0 Å². The van der Waals surface area contributed by atoms with Crippen LogP contribution in [0.5, 0.6) is 0 Å². The lowest BCUT2D eigenvalue weighted by molar-refractivity contribution is -0.131. The molecule has 0 unspecified atom stereocenters. The van der Waals surface area contributed by atoms with E-state index in [-0.39, 0.29) is 24.1 Å². The third kappa shape index (κ3) is 6.33. The Morgan fingerprint density at radius 1 is 1.33 bits per heavy atom. The van der Waals surface area contributed by atoms with Crippen molar-refractivity contribution in [2.45, 2.75) is 19.9 Å². The maximum absolute atomic E-state index is 11.9. The van der Waals surface area contributed by atoms with Crippen molar-refractivity contribution in [3.63, 3.8) is 0 Å². The van der Waals surface area contributed by atoms with Gasteiger partial charge in [-0.25, -0.2) is 4.79 Å². The molecule has 1 heterocycles. The fourth-order valence-electron chi connectivity index (χ4n) is 1.48. The molecule has 0 fully saturated rings. The van der Waals surface area contributed by atoms with Gasteiger partial charge >= 0.3 is 5.97 Å². The molecule has 0 aliphatic carbocycles. The first kappa shape index (κ1) is 16.4. The number of carboxylic acids is 1. The smallest absolute Gasteiger partial charge is 0.328 e. The number of aliphatic carboxylic acids is 1. The van der Waals surface area contributed by atoms with Gasteiger partial charge in [-0.15, -0.1) is 0 Å². The van der Waals surface area contributed by atoms with Crippen LogP contribution < -0.4 is 10.6 Å². The number of nitrogens with one attached hydrogen (secondary N) is 2. The second-order valence-corrected chi connectivity index (χ2v) is 4.58. The highest BCUT2D eigenvalue weighted by Gasteiger charge is 2.09. The van der Waals surface area contributed by atoms with Gasteiger partial charge < -0.3 is 15.7 Å². The number of rotatable bonds is 6. The average molecular weight is 291 g/mol. The van der Waals surface area contributed by atoms with E-state index in [0.29, 0.717) is 5.56 Å². The molecule has 7 heteroatoms. The van der Waals surface area contributed by atoms with E-state index in [9.17, 15) is 14.4 Å². The summed E-state index contributed by atoms with van der Waals surface area (Å²) in [6.07, 6.45) is 5.06. The number of hydrogen-bond donors (Lipinski definition) is 3. The molecule has 21 heavy (non-hydrogen) atoms. The average Bonchev–Trinajstić information content (AvgIpc) is 2.42. The molecule has 0 aliphatic rings. The van der Waals surface area contributed by atoms with Gasteiger partial charge in [0.25, 0.3) is 5.91 Å². The standard InChI is InChI=1S/C14H17N3O4/c1-9(2)17-12(18)8-16-14(21)11-5-10(6-15-7-11)3-4-13(19)20/h3-7,9H,8H2,1-2H3,(H,16,21)(H,17,18)(H,19,20). The molecular formula is C14H17N3O4. The van der Waals surface area contributed by atoms with Gasteiger partial charge in [-0.1, -0.05) is 0 Å². The van der Waals surface area contributed by atoms with Crippen LogP contribution in [0.15, 0.2) is 24.5 Å². The number of pyridine rings is 1. The van der Waals surface area contributed by atoms with Crippen molar-refractivity contribution in [1.29, 1.82) is 0 Å². The molecule has 0 saturated carbocycles. The molecule has 1 aromatic rings. The van der Waals surface area contributed by atoms with E-state index in [1.54, 1.807) is 0 Å². The van der Waals surface area contributed by atoms with E-state index in [2.05, 4.69) is 15.6 Å². The third-order valence-electron chi connectivity index (χ3n) is 2.30. The van der Waals surface area contributed by atoms with Crippen LogP contribution in [-0.4, -0.2) is 40.5 Å². The largest absolute Gasteiger partial charge is 0.478 e. The molecule has 0 atom stereocenters. The summed E-state index contributed by atoms with van der Waals surface area (Å²) in [6, 6.07) is 1.49. The molecule has 7 nitrogen and oxygen atoms in total. The van der Waals surface area contributed by atoms with Crippen LogP contribution in [0.1, 0.15) is 29.8 Å². The Hall–Kier alpha value is -2.70. The van der Waals surface area contributed by atoms with Crippen molar-refractivity contribution in [2.75, 3.05) is 6.54 Å². The highest BCUT2D eigenvalue weighted by atomic mass is 16.4. The number of carboxylic acid groups (broad SMARTS) is 1. The summed E-state index contributed by atoms with van der Waals surface area (Å²) in [5, 5.41) is 13.7. The maximum atomic E-state index is 11.9. The maximum Gasteiger partial charge on any atom is 0.328 e. The molecule has 0 radical (unpaired) electrons. The zero-order valence-corrected chi connectivity index (χ0v) is 11.8. The fraction of sp³-hybridized carbons (Fsp3) is 0.286. The topological polar surface area (TPSA) is 108 Å². The second-order valence-electron chi connectivity index (χ2n) is 4.58. The number of aromatic nitrogens is 1. The highest BCUT2D eigenvalue weighted by Crippen LogP contribution is 2.04. The van der Waals surface area contributed by atoms with Crippen molar-refractivity contribution < 1.29 is 19.5 Å². The Balaban J connectivity index is 2.64. The van der Waals surface area contributed by atoms with Gasteiger partial charge in [0.15, 0.2) is 0 Å². The van der Waals surface area contributed by atoms with E-state index in [4.69, 9.17) is 5.11 Å². The van der Waals surface area contributed by atoms with Crippen molar-refractivity contribution in [3.05, 3.63) is 35.7 Å². The minimum Gasteiger partial charge on any atom is -0.478 e. The van der Waals surface area contributed by atoms with Crippen LogP contribution in [0, 0.1) is 0 Å². The molecular weight excluding hydrogens is 274 g/mol. The molecule has 0 aromatic carbocycles. The van der Waals surface area contributed by atoms with Gasteiger partial charge in [0, 0.05) is 24.5 Å². The van der Waals surface area contributed by atoms with E-state index >= 15 is 0 Å². The number of amides is 2. The number of hydrogen-bond acceptors (Lipinski definition) is 4. The van der Waals surface area contributed by atoms with Gasteiger partial charge in [-0.3, -0.25) is 14.6 Å². The molecule has 112 valence electrons. The summed E-state index contributed by atoms with van der Waals surface area (Å²) in [6.45, 7) is 3.51. The molecule has 1 aromatic heterocycles. The van der Waals surface area contributed by atoms with Crippen LogP contribution in [-0.2, 0) is 9.59 Å². The van der Waals surface area contributed by atoms with Gasteiger partial charge in [0.1, 0.15) is 0 Å². The van der Waals surface area contributed by atoms with Crippen molar-refractivity contribution in [3.8, 4) is 0 Å². The third-order valence-corrected chi connectivity index (χ3v) is 2.30. The van der Waals surface area contributed by atoms with E-state index in [1.807, 2.05) is 13.8 Å². The van der Waals surface area contributed by atoms with Crippen molar-refractivity contribution >= 4 is 23.9 Å². The van der Waals surface area contributed by atoms with E-state index < -0.39 is 11.9 Å². The Labute approximate surface area is 122 Å². The minimum atomic E-state index is -1.09. The molecule has 0 saturated heterocycles. The summed E-state index contributed by atoms with van der Waals surface area (Å²) < 4.78 is 0. The van der Waals surface area contributed by atoms with E-state index in [0.717, 1.165) is 6.08 Å². The highest BCUT2D eigenvalue weighted by molar-refractivity contribution is 5.96. The van der Waals surface area contributed by atoms with Crippen LogP contribution in [0.4, 0.5) is 0 Å². The van der Waals surface area contributed by atoms with Gasteiger partial charge in [0.05, 0.1) is 12.1 Å². The molecule has 0 spiro atoms. The SMILES string of the molecule is CC(C)NC(=O)CNC(=O)c1cncc(C=CC(=O)O)c1. The summed E-state index contributed by atoms with van der Waals surface area (Å²) in [4.78, 5) is 37.5.